The lowest BCUT2D eigenvalue weighted by Gasteiger charge is -2.10. The highest BCUT2D eigenvalue weighted by Gasteiger charge is 2.15. The second-order valence-corrected chi connectivity index (χ2v) is 5.09. The Morgan fingerprint density at radius 2 is 2.43 bits per heavy atom. The van der Waals surface area contributed by atoms with Crippen molar-refractivity contribution in [3.8, 4) is 0 Å². The Hall–Kier alpha value is -0.620. The number of hydrogen-bond acceptors (Lipinski definition) is 4. The smallest absolute Gasteiger partial charge is 0.126 e. The number of furan rings is 1. The van der Waals surface area contributed by atoms with Crippen molar-refractivity contribution in [3.63, 3.8) is 0 Å². The van der Waals surface area contributed by atoms with Crippen LogP contribution in [0.5, 0.6) is 0 Å². The van der Waals surface area contributed by atoms with Gasteiger partial charge in [-0.25, -0.2) is 5.43 Å². The lowest BCUT2D eigenvalue weighted by Crippen LogP contribution is -2.28. The van der Waals surface area contributed by atoms with Crippen LogP contribution in [0.4, 0.5) is 0 Å². The summed E-state index contributed by atoms with van der Waals surface area (Å²) in [5.41, 5.74) is 3.82. The predicted molar refractivity (Wildman–Crippen MR) is 59.9 cm³/mol. The third kappa shape index (κ3) is 1.90. The molecule has 0 aliphatic heterocycles. The maximum Gasteiger partial charge on any atom is 0.126 e. The van der Waals surface area contributed by atoms with Gasteiger partial charge in [-0.1, -0.05) is 0 Å². The molecule has 0 spiro atoms. The summed E-state index contributed by atoms with van der Waals surface area (Å²) in [4.78, 5) is 0. The van der Waals surface area contributed by atoms with Gasteiger partial charge in [-0.3, -0.25) is 5.84 Å². The van der Waals surface area contributed by atoms with Crippen LogP contribution in [0.2, 0.25) is 0 Å². The van der Waals surface area contributed by atoms with Gasteiger partial charge in [-0.15, -0.1) is 11.3 Å². The normalized spacial score (nSPS) is 13.0. The van der Waals surface area contributed by atoms with Crippen LogP contribution in [0, 0.1) is 0 Å². The van der Waals surface area contributed by atoms with Gasteiger partial charge in [0.1, 0.15) is 11.8 Å². The van der Waals surface area contributed by atoms with E-state index in [9.17, 15) is 0 Å². The summed E-state index contributed by atoms with van der Waals surface area (Å²) < 4.78 is 6.38. The molecule has 5 heteroatoms. The maximum atomic E-state index is 5.48. The predicted octanol–water partition coefficient (Wildman–Crippen LogP) is 2.66. The van der Waals surface area contributed by atoms with Crippen LogP contribution < -0.4 is 11.3 Å². The molecule has 3 nitrogen and oxygen atoms in total. The first kappa shape index (κ1) is 9.92. The molecule has 74 valence electrons. The first-order valence-corrected chi connectivity index (χ1v) is 5.72. The molecule has 2 rings (SSSR count). The van der Waals surface area contributed by atoms with Gasteiger partial charge in [0.2, 0.25) is 0 Å². The summed E-state index contributed by atoms with van der Waals surface area (Å²) in [7, 11) is 0. The Bertz CT molecular complexity index is 399. The van der Waals surface area contributed by atoms with E-state index < -0.39 is 0 Å². The summed E-state index contributed by atoms with van der Waals surface area (Å²) in [6.07, 6.45) is 1.64. The van der Waals surface area contributed by atoms with Crippen molar-refractivity contribution in [1.82, 2.24) is 5.43 Å². The lowest BCUT2D eigenvalue weighted by molar-refractivity contribution is 0.452. The van der Waals surface area contributed by atoms with Crippen LogP contribution in [0.25, 0.3) is 0 Å². The van der Waals surface area contributed by atoms with Gasteiger partial charge < -0.3 is 4.42 Å². The Labute approximate surface area is 94.0 Å². The van der Waals surface area contributed by atoms with E-state index in [2.05, 4.69) is 21.4 Å². The van der Waals surface area contributed by atoms with E-state index in [0.717, 1.165) is 15.1 Å². The summed E-state index contributed by atoms with van der Waals surface area (Å²) >= 11 is 5.04. The molecule has 1 unspecified atom stereocenters. The zero-order valence-corrected chi connectivity index (χ0v) is 9.64. The molecule has 1 atom stereocenters. The van der Waals surface area contributed by atoms with Gasteiger partial charge in [0.25, 0.3) is 0 Å². The minimum Gasteiger partial charge on any atom is -0.467 e. The van der Waals surface area contributed by atoms with E-state index in [0.29, 0.717) is 0 Å². The largest absolute Gasteiger partial charge is 0.467 e. The highest BCUT2D eigenvalue weighted by Crippen LogP contribution is 2.28. The van der Waals surface area contributed by atoms with Crippen molar-refractivity contribution >= 4 is 27.3 Å². The first-order valence-electron chi connectivity index (χ1n) is 4.04. The number of nitrogens with two attached hydrogens (primary N) is 1. The third-order valence-electron chi connectivity index (χ3n) is 1.92. The molecule has 0 amide bonds. The molecule has 0 bridgehead atoms. The van der Waals surface area contributed by atoms with Gasteiger partial charge in [-0.2, -0.15) is 0 Å². The first-order chi connectivity index (χ1) is 6.81. The van der Waals surface area contributed by atoms with Gasteiger partial charge in [0.15, 0.2) is 0 Å². The summed E-state index contributed by atoms with van der Waals surface area (Å²) in [6, 6.07) is 5.70. The molecule has 2 aromatic rings. The standard InChI is InChI=1S/C9H9BrN2OS/c10-8-4-6(5-14-8)9(12-11)7-2-1-3-13-7/h1-5,9,12H,11H2. The highest BCUT2D eigenvalue weighted by atomic mass is 79.9. The molecular formula is C9H9BrN2OS. The fourth-order valence-electron chi connectivity index (χ4n) is 1.27. The van der Waals surface area contributed by atoms with Crippen molar-refractivity contribution in [2.75, 3.05) is 0 Å². The Morgan fingerprint density at radius 3 is 2.93 bits per heavy atom. The third-order valence-corrected chi connectivity index (χ3v) is 3.44. The lowest BCUT2D eigenvalue weighted by atomic mass is 10.1. The van der Waals surface area contributed by atoms with E-state index in [-0.39, 0.29) is 6.04 Å². The number of nitrogens with one attached hydrogen (secondary N) is 1. The highest BCUT2D eigenvalue weighted by molar-refractivity contribution is 9.11. The molecule has 2 aromatic heterocycles. The molecule has 14 heavy (non-hydrogen) atoms. The molecule has 0 aliphatic carbocycles. The van der Waals surface area contributed by atoms with Crippen LogP contribution in [-0.4, -0.2) is 0 Å². The van der Waals surface area contributed by atoms with Crippen molar-refractivity contribution in [3.05, 3.63) is 45.0 Å². The Kier molecular flexibility index (Phi) is 3.02. The fraction of sp³-hybridized carbons (Fsp3) is 0.111. The zero-order valence-electron chi connectivity index (χ0n) is 7.24. The van der Waals surface area contributed by atoms with Crippen LogP contribution in [0.15, 0.2) is 38.0 Å². The SMILES string of the molecule is NNC(c1csc(Br)c1)c1ccco1. The number of hydrogen-bond donors (Lipinski definition) is 2. The van der Waals surface area contributed by atoms with E-state index in [4.69, 9.17) is 10.3 Å². The van der Waals surface area contributed by atoms with Gasteiger partial charge in [0, 0.05) is 0 Å². The van der Waals surface area contributed by atoms with Crippen molar-refractivity contribution in [2.24, 2.45) is 5.84 Å². The summed E-state index contributed by atoms with van der Waals surface area (Å²) in [5.74, 6) is 6.30. The fourth-order valence-corrected chi connectivity index (χ4v) is 2.47. The minimum absolute atomic E-state index is 0.0763. The van der Waals surface area contributed by atoms with E-state index in [1.807, 2.05) is 23.6 Å². The Balaban J connectivity index is 2.31. The van der Waals surface area contributed by atoms with Crippen LogP contribution in [0.3, 0.4) is 0 Å². The molecule has 2 heterocycles. The molecule has 0 radical (unpaired) electrons. The number of hydrazine groups is 1. The van der Waals surface area contributed by atoms with E-state index in [1.54, 1.807) is 17.6 Å². The molecule has 0 fully saturated rings. The van der Waals surface area contributed by atoms with Crippen molar-refractivity contribution < 1.29 is 4.42 Å². The van der Waals surface area contributed by atoms with Crippen LogP contribution in [-0.2, 0) is 0 Å². The average molecular weight is 273 g/mol. The molecule has 0 saturated carbocycles. The van der Waals surface area contributed by atoms with Crippen LogP contribution >= 0.6 is 27.3 Å². The van der Waals surface area contributed by atoms with Crippen LogP contribution in [0.1, 0.15) is 17.4 Å². The second-order valence-electron chi connectivity index (χ2n) is 2.80. The number of thiophene rings is 1. The van der Waals surface area contributed by atoms with Gasteiger partial charge in [0.05, 0.1) is 10.0 Å². The molecular weight excluding hydrogens is 264 g/mol. The van der Waals surface area contributed by atoms with Crippen molar-refractivity contribution in [2.45, 2.75) is 6.04 Å². The maximum absolute atomic E-state index is 5.48. The summed E-state index contributed by atoms with van der Waals surface area (Å²) in [5, 5.41) is 2.04. The van der Waals surface area contributed by atoms with E-state index >= 15 is 0 Å². The molecule has 3 N–H and O–H groups in total. The summed E-state index contributed by atoms with van der Waals surface area (Å²) in [6.45, 7) is 0. The number of rotatable bonds is 3. The molecule has 0 aliphatic rings. The topological polar surface area (TPSA) is 51.2 Å². The average Bonchev–Trinajstić information content (AvgIpc) is 2.79. The quantitative estimate of drug-likeness (QED) is 0.667. The van der Waals surface area contributed by atoms with E-state index in [1.165, 1.54) is 0 Å². The molecule has 0 saturated heterocycles. The number of halogens is 1. The molecule has 0 aromatic carbocycles. The zero-order chi connectivity index (χ0) is 9.97. The second kappa shape index (κ2) is 4.27. The minimum atomic E-state index is -0.0763. The van der Waals surface area contributed by atoms with Gasteiger partial charge >= 0.3 is 0 Å². The van der Waals surface area contributed by atoms with Gasteiger partial charge in [-0.05, 0) is 45.1 Å². The van der Waals surface area contributed by atoms with Crippen molar-refractivity contribution in [1.29, 1.82) is 0 Å². The Morgan fingerprint density at radius 1 is 1.57 bits per heavy atom. The monoisotopic (exact) mass is 272 g/mol.